The zero-order valence-electron chi connectivity index (χ0n) is 22.3. The van der Waals surface area contributed by atoms with Crippen LogP contribution in [0.4, 0.5) is 4.39 Å². The SMILES string of the molecule is COCc1cc2c(cc1C)OCCN([C@H](C(=O)OC(C)(C)C)C(C)c1c(F)ccc(C)c1C)S2(=O)=O. The topological polar surface area (TPSA) is 82.1 Å². The Bertz CT molecular complexity index is 1250. The molecule has 2 aromatic carbocycles. The maximum Gasteiger partial charge on any atom is 0.325 e. The Morgan fingerprint density at radius 3 is 2.44 bits per heavy atom. The van der Waals surface area contributed by atoms with Crippen molar-refractivity contribution >= 4 is 16.0 Å². The van der Waals surface area contributed by atoms with E-state index >= 15 is 4.39 Å². The molecule has 7 nitrogen and oxygen atoms in total. The molecule has 9 heteroatoms. The number of carbonyl (C=O) groups is 1. The molecule has 1 aliphatic heterocycles. The predicted molar refractivity (Wildman–Crippen MR) is 135 cm³/mol. The normalized spacial score (nSPS) is 17.5. The van der Waals surface area contributed by atoms with Crippen molar-refractivity contribution < 1.29 is 31.8 Å². The molecule has 198 valence electrons. The van der Waals surface area contributed by atoms with Gasteiger partial charge < -0.3 is 14.2 Å². The van der Waals surface area contributed by atoms with Gasteiger partial charge in [0.05, 0.1) is 6.61 Å². The van der Waals surface area contributed by atoms with Crippen LogP contribution >= 0.6 is 0 Å². The number of benzene rings is 2. The Labute approximate surface area is 213 Å². The van der Waals surface area contributed by atoms with Gasteiger partial charge in [-0.05, 0) is 87.6 Å². The van der Waals surface area contributed by atoms with Gasteiger partial charge in [0.1, 0.15) is 34.7 Å². The highest BCUT2D eigenvalue weighted by Crippen LogP contribution is 2.38. The molecular weight excluding hydrogens is 485 g/mol. The lowest BCUT2D eigenvalue weighted by Gasteiger charge is -2.35. The third kappa shape index (κ3) is 5.58. The number of methoxy groups -OCH3 is 1. The lowest BCUT2D eigenvalue weighted by Crippen LogP contribution is -2.50. The average Bonchev–Trinajstić information content (AvgIpc) is 2.87. The second-order valence-corrected chi connectivity index (χ2v) is 12.2. The van der Waals surface area contributed by atoms with E-state index in [4.69, 9.17) is 14.2 Å². The minimum absolute atomic E-state index is 0.0244. The molecule has 2 aromatic rings. The highest BCUT2D eigenvalue weighted by molar-refractivity contribution is 7.89. The standard InChI is InChI=1S/C27H36FNO6S/c1-16-9-10-21(28)24(18(16)3)19(4)25(26(30)35-27(5,6)7)29-11-12-34-22-13-17(2)20(15-33-8)14-23(22)36(29,31)32/h9-10,13-14,19,25H,11-12,15H2,1-8H3/t19?,25-/m0/s1. The van der Waals surface area contributed by atoms with Gasteiger partial charge >= 0.3 is 5.97 Å². The number of nitrogens with zero attached hydrogens (tertiary/aromatic N) is 1. The molecule has 0 aliphatic carbocycles. The van der Waals surface area contributed by atoms with Gasteiger partial charge in [-0.1, -0.05) is 13.0 Å². The molecule has 0 bridgehead atoms. The highest BCUT2D eigenvalue weighted by atomic mass is 32.2. The van der Waals surface area contributed by atoms with E-state index in [2.05, 4.69) is 0 Å². The first-order chi connectivity index (χ1) is 16.7. The van der Waals surface area contributed by atoms with Crippen LogP contribution in [0.1, 0.15) is 61.4 Å². The van der Waals surface area contributed by atoms with Gasteiger partial charge in [-0.3, -0.25) is 4.79 Å². The van der Waals surface area contributed by atoms with Crippen molar-refractivity contribution in [3.05, 3.63) is 57.9 Å². The number of fused-ring (bicyclic) bond motifs is 1. The lowest BCUT2D eigenvalue weighted by atomic mass is 9.87. The molecule has 1 heterocycles. The average molecular weight is 522 g/mol. The number of sulfonamides is 1. The third-order valence-corrected chi connectivity index (χ3v) is 8.38. The van der Waals surface area contributed by atoms with Gasteiger partial charge in [-0.25, -0.2) is 12.8 Å². The summed E-state index contributed by atoms with van der Waals surface area (Å²) in [6.07, 6.45) is 0. The number of rotatable bonds is 6. The van der Waals surface area contributed by atoms with E-state index in [9.17, 15) is 13.2 Å². The highest BCUT2D eigenvalue weighted by Gasteiger charge is 2.45. The third-order valence-electron chi connectivity index (χ3n) is 6.48. The van der Waals surface area contributed by atoms with Crippen molar-refractivity contribution in [1.82, 2.24) is 4.31 Å². The van der Waals surface area contributed by atoms with E-state index in [1.807, 2.05) is 13.8 Å². The molecule has 0 saturated heterocycles. The molecule has 0 aromatic heterocycles. The van der Waals surface area contributed by atoms with Crippen LogP contribution in [-0.4, -0.2) is 50.6 Å². The number of esters is 1. The van der Waals surface area contributed by atoms with Gasteiger partial charge in [-0.2, -0.15) is 4.31 Å². The fourth-order valence-electron chi connectivity index (χ4n) is 4.56. The van der Waals surface area contributed by atoms with Crippen LogP contribution in [-0.2, 0) is 30.9 Å². The smallest absolute Gasteiger partial charge is 0.325 e. The van der Waals surface area contributed by atoms with Crippen molar-refractivity contribution in [2.45, 2.75) is 77.5 Å². The van der Waals surface area contributed by atoms with E-state index in [1.165, 1.54) is 19.2 Å². The number of aryl methyl sites for hydroxylation is 2. The monoisotopic (exact) mass is 521 g/mol. The Morgan fingerprint density at radius 1 is 1.17 bits per heavy atom. The lowest BCUT2D eigenvalue weighted by molar-refractivity contribution is -0.160. The summed E-state index contributed by atoms with van der Waals surface area (Å²) in [5.74, 6) is -1.86. The second-order valence-electron chi connectivity index (χ2n) is 10.3. The van der Waals surface area contributed by atoms with E-state index in [0.29, 0.717) is 11.1 Å². The van der Waals surface area contributed by atoms with Crippen LogP contribution in [0.25, 0.3) is 0 Å². The molecule has 3 rings (SSSR count). The number of hydrogen-bond acceptors (Lipinski definition) is 6. The molecule has 36 heavy (non-hydrogen) atoms. The van der Waals surface area contributed by atoms with E-state index in [-0.39, 0.29) is 36.0 Å². The molecule has 0 fully saturated rings. The van der Waals surface area contributed by atoms with Crippen LogP contribution in [0.2, 0.25) is 0 Å². The molecule has 0 amide bonds. The Balaban J connectivity index is 2.21. The largest absolute Gasteiger partial charge is 0.491 e. The van der Waals surface area contributed by atoms with Crippen molar-refractivity contribution in [2.24, 2.45) is 0 Å². The van der Waals surface area contributed by atoms with Gasteiger partial charge in [0.2, 0.25) is 10.0 Å². The van der Waals surface area contributed by atoms with Gasteiger partial charge in [0, 0.05) is 19.6 Å². The molecular formula is C27H36FNO6S. The van der Waals surface area contributed by atoms with Crippen molar-refractivity contribution in [1.29, 1.82) is 0 Å². The first kappa shape index (κ1) is 28.1. The quantitative estimate of drug-likeness (QED) is 0.508. The van der Waals surface area contributed by atoms with E-state index in [1.54, 1.807) is 46.8 Å². The first-order valence-electron chi connectivity index (χ1n) is 11.9. The number of carbonyl (C=O) groups excluding carboxylic acids is 1. The van der Waals surface area contributed by atoms with Crippen molar-refractivity contribution in [2.75, 3.05) is 20.3 Å². The molecule has 0 N–H and O–H groups in total. The first-order valence-corrected chi connectivity index (χ1v) is 13.4. The van der Waals surface area contributed by atoms with Gasteiger partial charge in [0.25, 0.3) is 0 Å². The van der Waals surface area contributed by atoms with E-state index in [0.717, 1.165) is 15.4 Å². The fraction of sp³-hybridized carbons (Fsp3) is 0.519. The van der Waals surface area contributed by atoms with Crippen LogP contribution in [0.15, 0.2) is 29.2 Å². The second kappa shape index (κ2) is 10.5. The molecule has 1 aliphatic rings. The zero-order chi connectivity index (χ0) is 27.0. The van der Waals surface area contributed by atoms with Crippen LogP contribution in [0.5, 0.6) is 5.75 Å². The molecule has 0 radical (unpaired) electrons. The fourth-order valence-corrected chi connectivity index (χ4v) is 6.36. The molecule has 0 saturated carbocycles. The van der Waals surface area contributed by atoms with Crippen LogP contribution < -0.4 is 4.74 Å². The summed E-state index contributed by atoms with van der Waals surface area (Å²) >= 11 is 0. The molecule has 2 atom stereocenters. The van der Waals surface area contributed by atoms with Crippen molar-refractivity contribution in [3.63, 3.8) is 0 Å². The maximum absolute atomic E-state index is 15.1. The zero-order valence-corrected chi connectivity index (χ0v) is 23.1. The summed E-state index contributed by atoms with van der Waals surface area (Å²) in [5, 5.41) is 0. The van der Waals surface area contributed by atoms with Gasteiger partial charge in [-0.15, -0.1) is 0 Å². The van der Waals surface area contributed by atoms with Gasteiger partial charge in [0.15, 0.2) is 0 Å². The minimum atomic E-state index is -4.24. The Hall–Kier alpha value is -2.49. The number of hydrogen-bond donors (Lipinski definition) is 0. The minimum Gasteiger partial charge on any atom is -0.491 e. The summed E-state index contributed by atoms with van der Waals surface area (Å²) in [4.78, 5) is 13.5. The van der Waals surface area contributed by atoms with E-state index < -0.39 is 39.4 Å². The molecule has 0 spiro atoms. The summed E-state index contributed by atoms with van der Waals surface area (Å²) < 4.78 is 61.1. The Morgan fingerprint density at radius 2 is 1.83 bits per heavy atom. The Kier molecular flexibility index (Phi) is 8.17. The van der Waals surface area contributed by atoms with Crippen LogP contribution in [0, 0.1) is 26.6 Å². The maximum atomic E-state index is 15.1. The summed E-state index contributed by atoms with van der Waals surface area (Å²) in [5.41, 5.74) is 2.44. The number of ether oxygens (including phenoxy) is 3. The number of halogens is 1. The summed E-state index contributed by atoms with van der Waals surface area (Å²) in [6, 6.07) is 4.88. The van der Waals surface area contributed by atoms with Crippen molar-refractivity contribution in [3.8, 4) is 5.75 Å². The molecule has 1 unspecified atom stereocenters. The summed E-state index contributed by atoms with van der Waals surface area (Å²) in [7, 11) is -2.71. The summed E-state index contributed by atoms with van der Waals surface area (Å²) in [6.45, 7) is 12.4. The predicted octanol–water partition coefficient (Wildman–Crippen LogP) is 4.79. The van der Waals surface area contributed by atoms with Crippen LogP contribution in [0.3, 0.4) is 0 Å².